The second kappa shape index (κ2) is 5.25. The van der Waals surface area contributed by atoms with E-state index in [1.807, 2.05) is 36.4 Å². The zero-order valence-electron chi connectivity index (χ0n) is 9.72. The Morgan fingerprint density at radius 1 is 1.06 bits per heavy atom. The Bertz CT molecular complexity index is 483. The van der Waals surface area contributed by atoms with Crippen molar-refractivity contribution >= 4 is 5.69 Å². The predicted octanol–water partition coefficient (Wildman–Crippen LogP) is 2.86. The normalized spacial score (nSPS) is 9.94. The molecule has 3 nitrogen and oxygen atoms in total. The van der Waals surface area contributed by atoms with Crippen molar-refractivity contribution < 1.29 is 9.47 Å². The fourth-order valence-electron chi connectivity index (χ4n) is 1.50. The Morgan fingerprint density at radius 3 is 2.53 bits per heavy atom. The number of methoxy groups -OCH3 is 1. The van der Waals surface area contributed by atoms with E-state index in [9.17, 15) is 0 Å². The van der Waals surface area contributed by atoms with E-state index in [0.29, 0.717) is 18.0 Å². The number of rotatable bonds is 4. The van der Waals surface area contributed by atoms with Gasteiger partial charge >= 0.3 is 0 Å². The largest absolute Gasteiger partial charge is 0.497 e. The Labute approximate surface area is 101 Å². The fourth-order valence-corrected chi connectivity index (χ4v) is 1.50. The van der Waals surface area contributed by atoms with Crippen molar-refractivity contribution in [1.82, 2.24) is 0 Å². The molecule has 2 aromatic carbocycles. The summed E-state index contributed by atoms with van der Waals surface area (Å²) in [5.41, 5.74) is 7.55. The molecular formula is C14H15NO2. The van der Waals surface area contributed by atoms with Crippen LogP contribution in [-0.2, 0) is 6.61 Å². The van der Waals surface area contributed by atoms with E-state index < -0.39 is 0 Å². The van der Waals surface area contributed by atoms with Crippen LogP contribution >= 0.6 is 0 Å². The van der Waals surface area contributed by atoms with Crippen LogP contribution in [-0.4, -0.2) is 7.11 Å². The topological polar surface area (TPSA) is 44.5 Å². The molecule has 0 spiro atoms. The maximum absolute atomic E-state index is 5.83. The first-order valence-electron chi connectivity index (χ1n) is 5.40. The number of hydrogen-bond acceptors (Lipinski definition) is 3. The summed E-state index contributed by atoms with van der Waals surface area (Å²) in [4.78, 5) is 0. The highest BCUT2D eigenvalue weighted by molar-refractivity contribution is 5.55. The van der Waals surface area contributed by atoms with E-state index in [1.165, 1.54) is 0 Å². The zero-order valence-corrected chi connectivity index (χ0v) is 9.72. The minimum Gasteiger partial charge on any atom is -0.497 e. The first-order chi connectivity index (χ1) is 8.29. The van der Waals surface area contributed by atoms with E-state index in [1.54, 1.807) is 19.2 Å². The highest BCUT2D eigenvalue weighted by Crippen LogP contribution is 2.27. The van der Waals surface area contributed by atoms with Crippen LogP contribution in [0.4, 0.5) is 5.69 Å². The second-order valence-electron chi connectivity index (χ2n) is 3.68. The lowest BCUT2D eigenvalue weighted by Crippen LogP contribution is -1.99. The third kappa shape index (κ3) is 2.91. The van der Waals surface area contributed by atoms with Gasteiger partial charge in [-0.05, 0) is 17.7 Å². The maximum atomic E-state index is 5.83. The Kier molecular flexibility index (Phi) is 3.50. The molecule has 0 radical (unpaired) electrons. The van der Waals surface area contributed by atoms with Crippen LogP contribution in [0.5, 0.6) is 11.5 Å². The van der Waals surface area contributed by atoms with Crippen molar-refractivity contribution in [2.45, 2.75) is 6.61 Å². The molecule has 3 heteroatoms. The van der Waals surface area contributed by atoms with Gasteiger partial charge in [0.15, 0.2) is 0 Å². The van der Waals surface area contributed by atoms with E-state index in [-0.39, 0.29) is 0 Å². The number of nitrogen functional groups attached to an aromatic ring is 1. The SMILES string of the molecule is COc1ccc(N)c(OCc2ccccc2)c1. The van der Waals surface area contributed by atoms with Crippen LogP contribution in [0.25, 0.3) is 0 Å². The smallest absolute Gasteiger partial charge is 0.146 e. The molecule has 2 rings (SSSR count). The number of ether oxygens (including phenoxy) is 2. The zero-order chi connectivity index (χ0) is 12.1. The Hall–Kier alpha value is -2.16. The van der Waals surface area contributed by atoms with Gasteiger partial charge in [0.2, 0.25) is 0 Å². The molecule has 0 heterocycles. The van der Waals surface area contributed by atoms with E-state index in [2.05, 4.69) is 0 Å². The van der Waals surface area contributed by atoms with Crippen molar-refractivity contribution in [3.8, 4) is 11.5 Å². The third-order valence-electron chi connectivity index (χ3n) is 2.46. The van der Waals surface area contributed by atoms with Gasteiger partial charge in [-0.15, -0.1) is 0 Å². The highest BCUT2D eigenvalue weighted by atomic mass is 16.5. The number of nitrogens with two attached hydrogens (primary N) is 1. The molecule has 0 saturated heterocycles. The van der Waals surface area contributed by atoms with Gasteiger partial charge in [-0.1, -0.05) is 30.3 Å². The second-order valence-corrected chi connectivity index (χ2v) is 3.68. The highest BCUT2D eigenvalue weighted by Gasteiger charge is 2.03. The molecule has 0 saturated carbocycles. The Morgan fingerprint density at radius 2 is 1.82 bits per heavy atom. The molecule has 17 heavy (non-hydrogen) atoms. The monoisotopic (exact) mass is 229 g/mol. The molecule has 0 aromatic heterocycles. The molecule has 2 N–H and O–H groups in total. The predicted molar refractivity (Wildman–Crippen MR) is 68.2 cm³/mol. The number of benzene rings is 2. The van der Waals surface area contributed by atoms with Crippen LogP contribution in [0.1, 0.15) is 5.56 Å². The first kappa shape index (κ1) is 11.3. The lowest BCUT2D eigenvalue weighted by atomic mass is 10.2. The van der Waals surface area contributed by atoms with Crippen molar-refractivity contribution in [3.63, 3.8) is 0 Å². The molecule has 2 aromatic rings. The average Bonchev–Trinajstić information content (AvgIpc) is 2.39. The van der Waals surface area contributed by atoms with Crippen LogP contribution in [0, 0.1) is 0 Å². The van der Waals surface area contributed by atoms with Gasteiger partial charge in [0.25, 0.3) is 0 Å². The van der Waals surface area contributed by atoms with Crippen molar-refractivity contribution in [2.24, 2.45) is 0 Å². The quantitative estimate of drug-likeness (QED) is 0.820. The molecule has 0 aliphatic heterocycles. The van der Waals surface area contributed by atoms with Gasteiger partial charge in [0.1, 0.15) is 18.1 Å². The van der Waals surface area contributed by atoms with E-state index in [4.69, 9.17) is 15.2 Å². The Balaban J connectivity index is 2.08. The van der Waals surface area contributed by atoms with Gasteiger partial charge < -0.3 is 15.2 Å². The summed E-state index contributed by atoms with van der Waals surface area (Å²) < 4.78 is 10.8. The third-order valence-corrected chi connectivity index (χ3v) is 2.46. The summed E-state index contributed by atoms with van der Waals surface area (Å²) in [5, 5.41) is 0. The number of hydrogen-bond donors (Lipinski definition) is 1. The molecule has 0 aliphatic rings. The minimum absolute atomic E-state index is 0.498. The summed E-state index contributed by atoms with van der Waals surface area (Å²) in [6, 6.07) is 15.3. The van der Waals surface area contributed by atoms with Crippen LogP contribution in [0.2, 0.25) is 0 Å². The van der Waals surface area contributed by atoms with E-state index >= 15 is 0 Å². The molecule has 0 atom stereocenters. The average molecular weight is 229 g/mol. The standard InChI is InChI=1S/C14H15NO2/c1-16-12-7-8-13(15)14(9-12)17-10-11-5-3-2-4-6-11/h2-9H,10,15H2,1H3. The molecule has 0 aliphatic carbocycles. The van der Waals surface area contributed by atoms with Crippen LogP contribution < -0.4 is 15.2 Å². The summed E-state index contributed by atoms with van der Waals surface area (Å²) in [6.07, 6.45) is 0. The van der Waals surface area contributed by atoms with Crippen molar-refractivity contribution in [2.75, 3.05) is 12.8 Å². The number of anilines is 1. The molecular weight excluding hydrogens is 214 g/mol. The molecule has 0 bridgehead atoms. The molecule has 0 unspecified atom stereocenters. The van der Waals surface area contributed by atoms with Crippen LogP contribution in [0.3, 0.4) is 0 Å². The lowest BCUT2D eigenvalue weighted by Gasteiger charge is -2.10. The van der Waals surface area contributed by atoms with Crippen LogP contribution in [0.15, 0.2) is 48.5 Å². The minimum atomic E-state index is 0.498. The summed E-state index contributed by atoms with van der Waals surface area (Å²) in [6.45, 7) is 0.498. The van der Waals surface area contributed by atoms with Crippen molar-refractivity contribution in [1.29, 1.82) is 0 Å². The fraction of sp³-hybridized carbons (Fsp3) is 0.143. The van der Waals surface area contributed by atoms with E-state index in [0.717, 1.165) is 11.3 Å². The lowest BCUT2D eigenvalue weighted by molar-refractivity contribution is 0.305. The summed E-state index contributed by atoms with van der Waals surface area (Å²) in [5.74, 6) is 1.38. The van der Waals surface area contributed by atoms with Gasteiger partial charge in [-0.2, -0.15) is 0 Å². The summed E-state index contributed by atoms with van der Waals surface area (Å²) in [7, 11) is 1.62. The van der Waals surface area contributed by atoms with Gasteiger partial charge in [0, 0.05) is 6.07 Å². The van der Waals surface area contributed by atoms with Crippen molar-refractivity contribution in [3.05, 3.63) is 54.1 Å². The summed E-state index contributed by atoms with van der Waals surface area (Å²) >= 11 is 0. The van der Waals surface area contributed by atoms with Gasteiger partial charge in [-0.25, -0.2) is 0 Å². The molecule has 0 fully saturated rings. The van der Waals surface area contributed by atoms with Gasteiger partial charge in [0.05, 0.1) is 12.8 Å². The molecule has 0 amide bonds. The molecule has 88 valence electrons. The first-order valence-corrected chi connectivity index (χ1v) is 5.40. The maximum Gasteiger partial charge on any atom is 0.146 e. The van der Waals surface area contributed by atoms with Gasteiger partial charge in [-0.3, -0.25) is 0 Å².